The third kappa shape index (κ3) is 3.67. The van der Waals surface area contributed by atoms with Crippen LogP contribution in [0.15, 0.2) is 11.6 Å². The minimum atomic E-state index is -0.217. The minimum absolute atomic E-state index is 0.111. The summed E-state index contributed by atoms with van der Waals surface area (Å²) < 4.78 is 0. The first-order chi connectivity index (χ1) is 14.4. The van der Waals surface area contributed by atoms with Gasteiger partial charge >= 0.3 is 0 Å². The second-order valence-electron chi connectivity index (χ2n) is 13.6. The molecule has 0 unspecified atom stereocenters. The van der Waals surface area contributed by atoms with Crippen LogP contribution in [0.4, 0.5) is 0 Å². The van der Waals surface area contributed by atoms with Crippen molar-refractivity contribution >= 4 is 0 Å². The Morgan fingerprint density at radius 2 is 1.71 bits per heavy atom. The summed E-state index contributed by atoms with van der Waals surface area (Å²) in [6.07, 6.45) is 12.9. The largest absolute Gasteiger partial charge is 0.393 e. The molecule has 4 aliphatic carbocycles. The third-order valence-electron chi connectivity index (χ3n) is 11.1. The smallest absolute Gasteiger partial charge is 0.0628 e. The van der Waals surface area contributed by atoms with Gasteiger partial charge in [-0.15, -0.1) is 0 Å². The number of hydrogen-bond donors (Lipinski definition) is 2. The molecule has 3 fully saturated rings. The second-order valence-corrected chi connectivity index (χ2v) is 13.6. The molecule has 0 spiro atoms. The van der Waals surface area contributed by atoms with E-state index in [1.54, 1.807) is 0 Å². The molecule has 4 aliphatic rings. The van der Waals surface area contributed by atoms with Crippen LogP contribution in [0.25, 0.3) is 0 Å². The predicted molar refractivity (Wildman–Crippen MR) is 130 cm³/mol. The number of hydrogen-bond acceptors (Lipinski definition) is 2. The van der Waals surface area contributed by atoms with Gasteiger partial charge in [0.1, 0.15) is 0 Å². The lowest BCUT2D eigenvalue weighted by molar-refractivity contribution is -0.0961. The highest BCUT2D eigenvalue weighted by atomic mass is 16.3. The molecule has 2 nitrogen and oxygen atoms in total. The normalized spacial score (nSPS) is 47.4. The van der Waals surface area contributed by atoms with Crippen molar-refractivity contribution in [3.63, 3.8) is 0 Å². The lowest BCUT2D eigenvalue weighted by Crippen LogP contribution is -2.55. The van der Waals surface area contributed by atoms with Crippen LogP contribution >= 0.6 is 0 Å². The van der Waals surface area contributed by atoms with Crippen molar-refractivity contribution in [1.82, 2.24) is 0 Å². The summed E-state index contributed by atoms with van der Waals surface area (Å²) >= 11 is 0. The Morgan fingerprint density at radius 1 is 1.00 bits per heavy atom. The van der Waals surface area contributed by atoms with Gasteiger partial charge in [0.25, 0.3) is 0 Å². The molecule has 0 bridgehead atoms. The molecule has 3 saturated carbocycles. The van der Waals surface area contributed by atoms with Gasteiger partial charge < -0.3 is 10.2 Å². The van der Waals surface area contributed by atoms with E-state index in [1.807, 2.05) is 0 Å². The fraction of sp³-hybridized carbons (Fsp3) is 0.931. The van der Waals surface area contributed by atoms with Crippen molar-refractivity contribution in [1.29, 1.82) is 0 Å². The van der Waals surface area contributed by atoms with Gasteiger partial charge in [0, 0.05) is 5.41 Å². The fourth-order valence-electron chi connectivity index (χ4n) is 9.44. The topological polar surface area (TPSA) is 40.5 Å². The van der Waals surface area contributed by atoms with Crippen LogP contribution in [0, 0.1) is 51.8 Å². The first-order valence-electron chi connectivity index (χ1n) is 13.5. The zero-order valence-electron chi connectivity index (χ0n) is 21.5. The van der Waals surface area contributed by atoms with E-state index in [-0.39, 0.29) is 23.0 Å². The van der Waals surface area contributed by atoms with Gasteiger partial charge in [0.15, 0.2) is 0 Å². The molecule has 9 atom stereocenters. The summed E-state index contributed by atoms with van der Waals surface area (Å²) in [6.45, 7) is 16.7. The summed E-state index contributed by atoms with van der Waals surface area (Å²) in [5.41, 5.74) is 1.91. The highest BCUT2D eigenvalue weighted by molar-refractivity contribution is 5.31. The van der Waals surface area contributed by atoms with Crippen LogP contribution in [0.5, 0.6) is 0 Å². The number of aliphatic hydroxyl groups excluding tert-OH is 2. The highest BCUT2D eigenvalue weighted by Crippen LogP contribution is 2.68. The lowest BCUT2D eigenvalue weighted by atomic mass is 9.44. The molecule has 0 amide bonds. The Hall–Kier alpha value is -0.340. The Morgan fingerprint density at radius 3 is 2.39 bits per heavy atom. The third-order valence-corrected chi connectivity index (χ3v) is 11.1. The molecular weight excluding hydrogens is 380 g/mol. The average molecular weight is 431 g/mol. The number of aliphatic hydroxyl groups is 2. The maximum absolute atomic E-state index is 11.4. The van der Waals surface area contributed by atoms with Crippen molar-refractivity contribution in [2.75, 3.05) is 0 Å². The van der Waals surface area contributed by atoms with E-state index in [0.717, 1.165) is 31.6 Å². The lowest BCUT2D eigenvalue weighted by Gasteiger charge is -2.61. The van der Waals surface area contributed by atoms with Crippen LogP contribution in [0.1, 0.15) is 106 Å². The molecule has 0 radical (unpaired) electrons. The molecule has 0 aliphatic heterocycles. The SMILES string of the molecule is CC(C)CCC[C@@H](C)[C@H]1C[C@@H](O)[C@H]2[C@@H]3CC=C4C(C)(C)[C@@H](O)CC[C@]4(C)[C@H]3CC[C@@]21C. The minimum Gasteiger partial charge on any atom is -0.393 e. The Bertz CT molecular complexity index is 693. The van der Waals surface area contributed by atoms with Gasteiger partial charge in [0.05, 0.1) is 12.2 Å². The van der Waals surface area contributed by atoms with Crippen molar-refractivity contribution in [3.05, 3.63) is 11.6 Å². The van der Waals surface area contributed by atoms with Crippen LogP contribution in [0.2, 0.25) is 0 Å². The van der Waals surface area contributed by atoms with Gasteiger partial charge in [-0.2, -0.15) is 0 Å². The van der Waals surface area contributed by atoms with Crippen molar-refractivity contribution < 1.29 is 10.2 Å². The van der Waals surface area contributed by atoms with E-state index in [4.69, 9.17) is 0 Å². The van der Waals surface area contributed by atoms with E-state index >= 15 is 0 Å². The summed E-state index contributed by atoms with van der Waals surface area (Å²) in [5.74, 6) is 3.91. The molecule has 4 rings (SSSR count). The van der Waals surface area contributed by atoms with Crippen molar-refractivity contribution in [2.45, 2.75) is 118 Å². The Balaban J connectivity index is 1.58. The quantitative estimate of drug-likeness (QED) is 0.461. The van der Waals surface area contributed by atoms with E-state index < -0.39 is 0 Å². The van der Waals surface area contributed by atoms with Crippen LogP contribution in [0.3, 0.4) is 0 Å². The molecule has 0 aromatic rings. The van der Waals surface area contributed by atoms with E-state index in [1.165, 1.54) is 37.7 Å². The van der Waals surface area contributed by atoms with Gasteiger partial charge in [-0.05, 0) is 84.9 Å². The molecule has 0 aromatic heterocycles. The Labute approximate surface area is 192 Å². The summed E-state index contributed by atoms with van der Waals surface area (Å²) in [6, 6.07) is 0. The molecule has 0 heterocycles. The maximum atomic E-state index is 11.4. The molecular formula is C29H50O2. The zero-order valence-corrected chi connectivity index (χ0v) is 21.5. The van der Waals surface area contributed by atoms with Gasteiger partial charge in [-0.1, -0.05) is 79.4 Å². The van der Waals surface area contributed by atoms with Crippen LogP contribution in [-0.4, -0.2) is 22.4 Å². The summed E-state index contributed by atoms with van der Waals surface area (Å²) in [5, 5.41) is 22.2. The first kappa shape index (κ1) is 23.8. The predicted octanol–water partition coefficient (Wildman–Crippen LogP) is 7.00. The number of rotatable bonds is 5. The van der Waals surface area contributed by atoms with E-state index in [9.17, 15) is 10.2 Å². The highest BCUT2D eigenvalue weighted by Gasteiger charge is 2.63. The molecule has 2 N–H and O–H groups in total. The molecule has 0 aromatic carbocycles. The van der Waals surface area contributed by atoms with Crippen molar-refractivity contribution in [2.24, 2.45) is 51.8 Å². The molecule has 31 heavy (non-hydrogen) atoms. The van der Waals surface area contributed by atoms with E-state index in [0.29, 0.717) is 35.0 Å². The maximum Gasteiger partial charge on any atom is 0.0628 e. The monoisotopic (exact) mass is 430 g/mol. The zero-order chi connectivity index (χ0) is 22.8. The van der Waals surface area contributed by atoms with E-state index in [2.05, 4.69) is 54.5 Å². The number of fused-ring (bicyclic) bond motifs is 5. The van der Waals surface area contributed by atoms with Gasteiger partial charge in [-0.3, -0.25) is 0 Å². The molecule has 178 valence electrons. The average Bonchev–Trinajstić information content (AvgIpc) is 2.96. The standard InChI is InChI=1S/C29H50O2/c1-18(2)9-8-10-19(3)22-17-23(30)26-20-11-12-24-27(4,5)25(31)14-16-28(24,6)21(20)13-15-29(22,26)7/h12,18-23,25-26,30-31H,8-11,13-17H2,1-7H3/t19-,20-,21+,22-,23-,25+,26-,28-,29-/m1/s1. The number of allylic oxidation sites excluding steroid dienone is 1. The van der Waals surface area contributed by atoms with Crippen molar-refractivity contribution in [3.8, 4) is 0 Å². The molecule has 0 saturated heterocycles. The summed E-state index contributed by atoms with van der Waals surface area (Å²) in [7, 11) is 0. The Kier molecular flexibility index (Phi) is 6.26. The second kappa shape index (κ2) is 8.15. The van der Waals surface area contributed by atoms with Gasteiger partial charge in [-0.25, -0.2) is 0 Å². The van der Waals surface area contributed by atoms with Crippen LogP contribution < -0.4 is 0 Å². The molecule has 2 heteroatoms. The fourth-order valence-corrected chi connectivity index (χ4v) is 9.44. The van der Waals surface area contributed by atoms with Crippen LogP contribution in [-0.2, 0) is 0 Å². The van der Waals surface area contributed by atoms with Gasteiger partial charge in [0.2, 0.25) is 0 Å². The first-order valence-corrected chi connectivity index (χ1v) is 13.5. The summed E-state index contributed by atoms with van der Waals surface area (Å²) in [4.78, 5) is 0.